The zero-order valence-corrected chi connectivity index (χ0v) is 19.9. The number of carbonyl (C=O) groups is 2. The van der Waals surface area contributed by atoms with Crippen molar-refractivity contribution in [1.82, 2.24) is 0 Å². The fraction of sp³-hybridized carbons (Fsp3) is 0.833. The van der Waals surface area contributed by atoms with E-state index >= 15 is 0 Å². The molecule has 0 unspecified atom stereocenters. The normalized spacial score (nSPS) is 25.2. The maximum atomic E-state index is 11.9. The van der Waals surface area contributed by atoms with Gasteiger partial charge in [-0.2, -0.15) is 0 Å². The number of hydrogen-bond acceptors (Lipinski definition) is 7. The van der Waals surface area contributed by atoms with Gasteiger partial charge in [0.2, 0.25) is 0 Å². The van der Waals surface area contributed by atoms with Gasteiger partial charge in [-0.25, -0.2) is 4.79 Å². The van der Waals surface area contributed by atoms with Crippen molar-refractivity contribution >= 4 is 11.9 Å². The number of aliphatic carboxylic acids is 1. The number of carbonyl (C=O) groups excluding carboxylic acids is 1. The topological polar surface area (TPSA) is 134 Å². The Morgan fingerprint density at radius 3 is 2.41 bits per heavy atom. The van der Waals surface area contributed by atoms with Gasteiger partial charge in [0.1, 0.15) is 6.10 Å². The van der Waals surface area contributed by atoms with E-state index in [-0.39, 0.29) is 37.4 Å². The highest BCUT2D eigenvalue weighted by molar-refractivity contribution is 5.82. The Hall–Kier alpha value is -1.48. The van der Waals surface area contributed by atoms with E-state index < -0.39 is 36.4 Å². The Balaban J connectivity index is 2.36. The number of ether oxygens (including phenoxy) is 2. The lowest BCUT2D eigenvalue weighted by molar-refractivity contribution is -0.138. The highest BCUT2D eigenvalue weighted by Crippen LogP contribution is 2.33. The van der Waals surface area contributed by atoms with Gasteiger partial charge in [0.15, 0.2) is 0 Å². The summed E-state index contributed by atoms with van der Waals surface area (Å²) in [5, 5.41) is 39.3. The van der Waals surface area contributed by atoms with Crippen LogP contribution in [0.4, 0.5) is 0 Å². The van der Waals surface area contributed by atoms with Gasteiger partial charge in [-0.05, 0) is 57.8 Å². The summed E-state index contributed by atoms with van der Waals surface area (Å²) in [6.07, 6.45) is 2.85. The average molecular weight is 459 g/mol. The summed E-state index contributed by atoms with van der Waals surface area (Å²) in [6.45, 7) is 7.66. The van der Waals surface area contributed by atoms with Gasteiger partial charge in [0.05, 0.1) is 31.0 Å². The first-order chi connectivity index (χ1) is 15.0. The largest absolute Gasteiger partial charge is 0.481 e. The van der Waals surface area contributed by atoms with Crippen molar-refractivity contribution in [3.8, 4) is 0 Å². The zero-order chi connectivity index (χ0) is 24.3. The first kappa shape index (κ1) is 28.6. The SMILES string of the molecule is C/C(=C\C(=O)OCCCCCCC(=O)O)C[C@H](O)[C@H](O)[C@@H]1O[C@@H](C[C@@H](C)[C@H](C)O)C[C@H]1C. The third-order valence-corrected chi connectivity index (χ3v) is 6.16. The van der Waals surface area contributed by atoms with Crippen molar-refractivity contribution in [3.05, 3.63) is 11.6 Å². The van der Waals surface area contributed by atoms with Crippen LogP contribution in [0.15, 0.2) is 11.6 Å². The molecule has 0 aliphatic carbocycles. The minimum absolute atomic E-state index is 0.0582. The van der Waals surface area contributed by atoms with Crippen LogP contribution in [-0.2, 0) is 19.1 Å². The summed E-state index contributed by atoms with van der Waals surface area (Å²) in [5.74, 6) is -1.12. The van der Waals surface area contributed by atoms with Crippen LogP contribution in [0.2, 0.25) is 0 Å². The predicted molar refractivity (Wildman–Crippen MR) is 120 cm³/mol. The van der Waals surface area contributed by atoms with Gasteiger partial charge in [-0.15, -0.1) is 0 Å². The van der Waals surface area contributed by atoms with E-state index in [1.54, 1.807) is 13.8 Å². The number of esters is 1. The molecular formula is C24H42O8. The van der Waals surface area contributed by atoms with Crippen LogP contribution in [0.25, 0.3) is 0 Å². The van der Waals surface area contributed by atoms with Crippen LogP contribution in [-0.4, -0.2) is 69.5 Å². The number of carboxylic acid groups (broad SMARTS) is 1. The fourth-order valence-corrected chi connectivity index (χ4v) is 4.02. The lowest BCUT2D eigenvalue weighted by Crippen LogP contribution is -2.40. The molecule has 0 aromatic rings. The Morgan fingerprint density at radius 2 is 1.78 bits per heavy atom. The highest BCUT2D eigenvalue weighted by atomic mass is 16.5. The number of aliphatic hydroxyl groups is 3. The van der Waals surface area contributed by atoms with Crippen molar-refractivity contribution in [1.29, 1.82) is 0 Å². The summed E-state index contributed by atoms with van der Waals surface area (Å²) in [6, 6.07) is 0. The maximum Gasteiger partial charge on any atom is 0.330 e. The van der Waals surface area contributed by atoms with Crippen LogP contribution in [0.3, 0.4) is 0 Å². The quantitative estimate of drug-likeness (QED) is 0.167. The Labute approximate surface area is 191 Å². The smallest absolute Gasteiger partial charge is 0.330 e. The van der Waals surface area contributed by atoms with E-state index in [1.165, 1.54) is 6.08 Å². The molecule has 1 rings (SSSR count). The second-order valence-corrected chi connectivity index (χ2v) is 9.37. The van der Waals surface area contributed by atoms with Gasteiger partial charge in [-0.1, -0.05) is 32.3 Å². The van der Waals surface area contributed by atoms with Crippen molar-refractivity contribution < 1.29 is 39.5 Å². The summed E-state index contributed by atoms with van der Waals surface area (Å²) >= 11 is 0. The van der Waals surface area contributed by atoms with E-state index in [0.29, 0.717) is 24.8 Å². The van der Waals surface area contributed by atoms with Crippen molar-refractivity contribution in [2.24, 2.45) is 11.8 Å². The van der Waals surface area contributed by atoms with Crippen LogP contribution >= 0.6 is 0 Å². The minimum atomic E-state index is -1.07. The molecule has 0 radical (unpaired) electrons. The molecule has 1 saturated heterocycles. The molecule has 0 amide bonds. The number of aliphatic hydroxyl groups excluding tert-OH is 3. The van der Waals surface area contributed by atoms with Gasteiger partial charge in [0.25, 0.3) is 0 Å². The van der Waals surface area contributed by atoms with E-state index in [2.05, 4.69) is 0 Å². The summed E-state index contributed by atoms with van der Waals surface area (Å²) in [5.41, 5.74) is 0.605. The average Bonchev–Trinajstić information content (AvgIpc) is 3.05. The molecule has 8 heteroatoms. The molecule has 32 heavy (non-hydrogen) atoms. The molecule has 8 nitrogen and oxygen atoms in total. The van der Waals surface area contributed by atoms with Crippen LogP contribution < -0.4 is 0 Å². The van der Waals surface area contributed by atoms with Crippen LogP contribution in [0.5, 0.6) is 0 Å². The Morgan fingerprint density at radius 1 is 1.12 bits per heavy atom. The van der Waals surface area contributed by atoms with E-state index in [1.807, 2.05) is 13.8 Å². The molecule has 0 bridgehead atoms. The lowest BCUT2D eigenvalue weighted by atomic mass is 9.90. The standard InChI is InChI=1S/C24H42O8/c1-15(12-22(29)31-10-8-6-5-7-9-21(27)28)11-20(26)23(30)24-17(3)14-19(32-24)13-16(2)18(4)25/h12,16-20,23-26,30H,5-11,13-14H2,1-4H3,(H,27,28)/b15-12+/t16-,17-,18+,19+,20+,23+,24-/m1/s1. The van der Waals surface area contributed by atoms with Crippen LogP contribution in [0, 0.1) is 11.8 Å². The fourth-order valence-electron chi connectivity index (χ4n) is 4.02. The molecule has 0 saturated carbocycles. The zero-order valence-electron chi connectivity index (χ0n) is 19.9. The first-order valence-corrected chi connectivity index (χ1v) is 11.8. The monoisotopic (exact) mass is 458 g/mol. The Bertz CT molecular complexity index is 603. The summed E-state index contributed by atoms with van der Waals surface area (Å²) < 4.78 is 11.1. The molecule has 4 N–H and O–H groups in total. The van der Waals surface area contributed by atoms with Crippen molar-refractivity contribution in [2.45, 2.75) is 110 Å². The van der Waals surface area contributed by atoms with E-state index in [4.69, 9.17) is 14.6 Å². The third kappa shape index (κ3) is 10.9. The molecule has 7 atom stereocenters. The second-order valence-electron chi connectivity index (χ2n) is 9.37. The molecule has 0 aromatic heterocycles. The number of unbranched alkanes of at least 4 members (excludes halogenated alkanes) is 3. The first-order valence-electron chi connectivity index (χ1n) is 11.8. The summed E-state index contributed by atoms with van der Waals surface area (Å²) in [4.78, 5) is 22.4. The Kier molecular flexibility index (Phi) is 13.0. The van der Waals surface area contributed by atoms with E-state index in [9.17, 15) is 24.9 Å². The van der Waals surface area contributed by atoms with Crippen molar-refractivity contribution in [3.63, 3.8) is 0 Å². The number of carboxylic acids is 1. The number of hydrogen-bond donors (Lipinski definition) is 4. The molecule has 1 fully saturated rings. The molecule has 1 aliphatic heterocycles. The molecule has 1 heterocycles. The van der Waals surface area contributed by atoms with Gasteiger partial charge in [0, 0.05) is 12.5 Å². The van der Waals surface area contributed by atoms with Gasteiger partial charge < -0.3 is 29.9 Å². The molecule has 0 spiro atoms. The molecule has 0 aromatic carbocycles. The van der Waals surface area contributed by atoms with Crippen LogP contribution in [0.1, 0.15) is 79.1 Å². The van der Waals surface area contributed by atoms with Gasteiger partial charge >= 0.3 is 11.9 Å². The number of rotatable bonds is 15. The summed E-state index contributed by atoms with van der Waals surface area (Å²) in [7, 11) is 0. The molecule has 186 valence electrons. The molecular weight excluding hydrogens is 416 g/mol. The van der Waals surface area contributed by atoms with E-state index in [0.717, 1.165) is 19.3 Å². The van der Waals surface area contributed by atoms with Crippen molar-refractivity contribution in [2.75, 3.05) is 6.61 Å². The highest BCUT2D eigenvalue weighted by Gasteiger charge is 2.40. The second kappa shape index (κ2) is 14.6. The predicted octanol–water partition coefficient (Wildman–Crippen LogP) is 2.82. The maximum absolute atomic E-state index is 11.9. The lowest BCUT2D eigenvalue weighted by Gasteiger charge is -2.27. The van der Waals surface area contributed by atoms with Gasteiger partial charge in [-0.3, -0.25) is 4.79 Å². The molecule has 1 aliphatic rings. The minimum Gasteiger partial charge on any atom is -0.481 e. The third-order valence-electron chi connectivity index (χ3n) is 6.16.